The van der Waals surface area contributed by atoms with Gasteiger partial charge >= 0.3 is 0 Å². The van der Waals surface area contributed by atoms with Gasteiger partial charge in [-0.3, -0.25) is 0 Å². The van der Waals surface area contributed by atoms with Crippen molar-refractivity contribution >= 4 is 16.5 Å². The molecule has 0 saturated carbocycles. The van der Waals surface area contributed by atoms with Crippen molar-refractivity contribution in [3.63, 3.8) is 0 Å². The first-order valence-corrected chi connectivity index (χ1v) is 5.16. The maximum Gasteiger partial charge on any atom is 0.133 e. The number of hydrogen-bond acceptors (Lipinski definition) is 2. The van der Waals surface area contributed by atoms with Gasteiger partial charge in [-0.2, -0.15) is 0 Å². The Hall–Kier alpha value is -2.22. The van der Waals surface area contributed by atoms with E-state index in [1.807, 2.05) is 36.4 Å². The first-order chi connectivity index (χ1) is 7.83. The predicted molar refractivity (Wildman–Crippen MR) is 66.1 cm³/mol. The Bertz CT molecular complexity index is 626. The molecule has 0 aliphatic heterocycles. The van der Waals surface area contributed by atoms with Crippen LogP contribution in [0.2, 0.25) is 0 Å². The topological polar surface area (TPSA) is 39.2 Å². The molecule has 2 N–H and O–H groups in total. The Labute approximate surface area is 93.3 Å². The number of furan rings is 1. The van der Waals surface area contributed by atoms with E-state index in [2.05, 4.69) is 12.1 Å². The van der Waals surface area contributed by atoms with Crippen molar-refractivity contribution in [3.8, 4) is 11.3 Å². The van der Waals surface area contributed by atoms with Crippen molar-refractivity contribution in [2.24, 2.45) is 0 Å². The molecule has 0 bridgehead atoms. The highest BCUT2D eigenvalue weighted by atomic mass is 16.3. The van der Waals surface area contributed by atoms with E-state index in [0.29, 0.717) is 0 Å². The lowest BCUT2D eigenvalue weighted by molar-refractivity contribution is 0.582. The Balaban J connectivity index is 2.20. The molecule has 78 valence electrons. The Morgan fingerprint density at radius 1 is 0.875 bits per heavy atom. The van der Waals surface area contributed by atoms with Gasteiger partial charge in [0, 0.05) is 11.3 Å². The van der Waals surface area contributed by atoms with Gasteiger partial charge in [-0.15, -0.1) is 0 Å². The summed E-state index contributed by atoms with van der Waals surface area (Å²) in [5.74, 6) is 0.888. The van der Waals surface area contributed by atoms with E-state index in [1.54, 1.807) is 6.26 Å². The van der Waals surface area contributed by atoms with E-state index in [1.165, 1.54) is 5.39 Å². The molecule has 16 heavy (non-hydrogen) atoms. The molecule has 3 rings (SSSR count). The van der Waals surface area contributed by atoms with Gasteiger partial charge in [0.05, 0.1) is 6.26 Å². The fraction of sp³-hybridized carbons (Fsp3) is 0. The monoisotopic (exact) mass is 209 g/mol. The molecule has 0 radical (unpaired) electrons. The first kappa shape index (κ1) is 9.04. The van der Waals surface area contributed by atoms with Crippen molar-refractivity contribution in [2.45, 2.75) is 0 Å². The van der Waals surface area contributed by atoms with Gasteiger partial charge in [0.15, 0.2) is 0 Å². The molecule has 1 heterocycles. The Morgan fingerprint density at radius 2 is 1.69 bits per heavy atom. The molecule has 0 unspecified atom stereocenters. The Kier molecular flexibility index (Phi) is 1.93. The molecule has 1 aromatic heterocycles. The SMILES string of the molecule is Nc1ccc2cc(-c3ccco3)ccc2c1. The lowest BCUT2D eigenvalue weighted by Crippen LogP contribution is -1.84. The van der Waals surface area contributed by atoms with Crippen LogP contribution in [0, 0.1) is 0 Å². The number of nitrogens with two attached hydrogens (primary N) is 1. The van der Waals surface area contributed by atoms with Gasteiger partial charge in [0.2, 0.25) is 0 Å². The average molecular weight is 209 g/mol. The smallest absolute Gasteiger partial charge is 0.133 e. The van der Waals surface area contributed by atoms with Gasteiger partial charge in [-0.05, 0) is 41.1 Å². The zero-order valence-electron chi connectivity index (χ0n) is 8.68. The molecule has 2 heteroatoms. The number of anilines is 1. The van der Waals surface area contributed by atoms with Crippen LogP contribution < -0.4 is 5.73 Å². The summed E-state index contributed by atoms with van der Waals surface area (Å²) in [6.07, 6.45) is 1.68. The Morgan fingerprint density at radius 3 is 2.50 bits per heavy atom. The predicted octanol–water partition coefficient (Wildman–Crippen LogP) is 3.68. The van der Waals surface area contributed by atoms with E-state index >= 15 is 0 Å². The fourth-order valence-corrected chi connectivity index (χ4v) is 1.86. The molecule has 0 spiro atoms. The maximum atomic E-state index is 5.74. The molecule has 0 saturated heterocycles. The second-order valence-corrected chi connectivity index (χ2v) is 3.80. The second-order valence-electron chi connectivity index (χ2n) is 3.80. The van der Waals surface area contributed by atoms with Crippen LogP contribution in [0.5, 0.6) is 0 Å². The molecule has 0 aliphatic rings. The van der Waals surface area contributed by atoms with Gasteiger partial charge in [-0.1, -0.05) is 18.2 Å². The summed E-state index contributed by atoms with van der Waals surface area (Å²) in [4.78, 5) is 0. The zero-order valence-corrected chi connectivity index (χ0v) is 8.68. The summed E-state index contributed by atoms with van der Waals surface area (Å²) in [6, 6.07) is 16.0. The van der Waals surface area contributed by atoms with Crippen molar-refractivity contribution in [2.75, 3.05) is 5.73 Å². The number of rotatable bonds is 1. The van der Waals surface area contributed by atoms with Crippen LogP contribution in [-0.2, 0) is 0 Å². The quantitative estimate of drug-likeness (QED) is 0.621. The normalized spacial score (nSPS) is 10.8. The molecule has 0 fully saturated rings. The summed E-state index contributed by atoms with van der Waals surface area (Å²) in [5, 5.41) is 2.32. The van der Waals surface area contributed by atoms with Gasteiger partial charge in [0.25, 0.3) is 0 Å². The molecule has 3 aromatic rings. The van der Waals surface area contributed by atoms with E-state index in [9.17, 15) is 0 Å². The minimum atomic E-state index is 0.790. The van der Waals surface area contributed by atoms with Crippen LogP contribution >= 0.6 is 0 Å². The van der Waals surface area contributed by atoms with Crippen molar-refractivity contribution < 1.29 is 4.42 Å². The highest BCUT2D eigenvalue weighted by Crippen LogP contribution is 2.25. The molecule has 2 aromatic carbocycles. The van der Waals surface area contributed by atoms with Crippen LogP contribution in [0.4, 0.5) is 5.69 Å². The highest BCUT2D eigenvalue weighted by Gasteiger charge is 2.01. The third kappa shape index (κ3) is 1.44. The third-order valence-electron chi connectivity index (χ3n) is 2.67. The lowest BCUT2D eigenvalue weighted by atomic mass is 10.1. The highest BCUT2D eigenvalue weighted by molar-refractivity contribution is 5.88. The lowest BCUT2D eigenvalue weighted by Gasteiger charge is -2.02. The standard InChI is InChI=1S/C14H11NO/c15-13-6-5-10-8-12(4-3-11(10)9-13)14-2-1-7-16-14/h1-9H,15H2. The average Bonchev–Trinajstić information content (AvgIpc) is 2.82. The molecular weight excluding hydrogens is 198 g/mol. The van der Waals surface area contributed by atoms with Crippen LogP contribution in [0.15, 0.2) is 59.2 Å². The van der Waals surface area contributed by atoms with E-state index < -0.39 is 0 Å². The minimum absolute atomic E-state index is 0.790. The molecule has 2 nitrogen and oxygen atoms in total. The summed E-state index contributed by atoms with van der Waals surface area (Å²) in [6.45, 7) is 0. The summed E-state index contributed by atoms with van der Waals surface area (Å²) in [7, 11) is 0. The zero-order chi connectivity index (χ0) is 11.0. The van der Waals surface area contributed by atoms with Crippen LogP contribution in [0.25, 0.3) is 22.1 Å². The van der Waals surface area contributed by atoms with E-state index in [0.717, 1.165) is 22.4 Å². The van der Waals surface area contributed by atoms with Crippen molar-refractivity contribution in [1.29, 1.82) is 0 Å². The number of fused-ring (bicyclic) bond motifs is 1. The van der Waals surface area contributed by atoms with Crippen LogP contribution in [0.1, 0.15) is 0 Å². The molecule has 0 amide bonds. The summed E-state index contributed by atoms with van der Waals surface area (Å²) < 4.78 is 5.37. The van der Waals surface area contributed by atoms with Crippen molar-refractivity contribution in [3.05, 3.63) is 54.8 Å². The maximum absolute atomic E-state index is 5.74. The third-order valence-corrected chi connectivity index (χ3v) is 2.67. The fourth-order valence-electron chi connectivity index (χ4n) is 1.86. The number of nitrogen functional groups attached to an aromatic ring is 1. The van der Waals surface area contributed by atoms with Gasteiger partial charge < -0.3 is 10.2 Å². The minimum Gasteiger partial charge on any atom is -0.464 e. The van der Waals surface area contributed by atoms with E-state index in [4.69, 9.17) is 10.2 Å². The molecule has 0 aliphatic carbocycles. The van der Waals surface area contributed by atoms with Crippen LogP contribution in [0.3, 0.4) is 0 Å². The molecular formula is C14H11NO. The first-order valence-electron chi connectivity index (χ1n) is 5.16. The number of benzene rings is 2. The van der Waals surface area contributed by atoms with Crippen LogP contribution in [-0.4, -0.2) is 0 Å². The van der Waals surface area contributed by atoms with Gasteiger partial charge in [0.1, 0.15) is 5.76 Å². The van der Waals surface area contributed by atoms with Crippen molar-refractivity contribution in [1.82, 2.24) is 0 Å². The molecule has 0 atom stereocenters. The van der Waals surface area contributed by atoms with Gasteiger partial charge in [-0.25, -0.2) is 0 Å². The largest absolute Gasteiger partial charge is 0.464 e. The van der Waals surface area contributed by atoms with E-state index in [-0.39, 0.29) is 0 Å². The second kappa shape index (κ2) is 3.42. The number of hydrogen-bond donors (Lipinski definition) is 1. The summed E-state index contributed by atoms with van der Waals surface area (Å²) in [5.41, 5.74) is 7.61. The summed E-state index contributed by atoms with van der Waals surface area (Å²) >= 11 is 0.